The van der Waals surface area contributed by atoms with Gasteiger partial charge in [0.05, 0.1) is 16.0 Å². The Hall–Kier alpha value is -2.92. The zero-order valence-electron chi connectivity index (χ0n) is 17.6. The van der Waals surface area contributed by atoms with E-state index in [2.05, 4.69) is 5.32 Å². The molecular weight excluding hydrogens is 449 g/mol. The number of nitrogens with zero attached hydrogens (tertiary/aromatic N) is 1. The van der Waals surface area contributed by atoms with Gasteiger partial charge in [-0.3, -0.25) is 4.79 Å². The van der Waals surface area contributed by atoms with Crippen LogP contribution < -0.4 is 5.32 Å². The lowest BCUT2D eigenvalue weighted by molar-refractivity contribution is -0.137. The highest BCUT2D eigenvalue weighted by atomic mass is 32.2. The fourth-order valence-electron chi connectivity index (χ4n) is 2.80. The Morgan fingerprint density at radius 1 is 1.06 bits per heavy atom. The van der Waals surface area contributed by atoms with E-state index < -0.39 is 39.7 Å². The summed E-state index contributed by atoms with van der Waals surface area (Å²) in [5.41, 5.74) is -1.14. The maximum absolute atomic E-state index is 12.8. The van der Waals surface area contributed by atoms with Crippen LogP contribution in [0.3, 0.4) is 0 Å². The van der Waals surface area contributed by atoms with Crippen LogP contribution in [0, 0.1) is 0 Å². The Bertz CT molecular complexity index is 1080. The van der Waals surface area contributed by atoms with Gasteiger partial charge in [0.2, 0.25) is 10.0 Å². The minimum Gasteiger partial charge on any atom is -0.449 e. The van der Waals surface area contributed by atoms with Crippen LogP contribution in [-0.2, 0) is 25.7 Å². The van der Waals surface area contributed by atoms with Crippen molar-refractivity contribution in [2.45, 2.75) is 37.9 Å². The predicted molar refractivity (Wildman–Crippen MR) is 112 cm³/mol. The van der Waals surface area contributed by atoms with Crippen molar-refractivity contribution in [2.24, 2.45) is 0 Å². The van der Waals surface area contributed by atoms with E-state index in [0.717, 1.165) is 24.3 Å². The van der Waals surface area contributed by atoms with Crippen LogP contribution in [0.1, 0.15) is 36.7 Å². The van der Waals surface area contributed by atoms with Gasteiger partial charge in [0.25, 0.3) is 5.91 Å². The molecule has 1 amide bonds. The van der Waals surface area contributed by atoms with E-state index in [1.165, 1.54) is 35.5 Å². The molecule has 0 aliphatic carbocycles. The van der Waals surface area contributed by atoms with Crippen molar-refractivity contribution in [2.75, 3.05) is 18.4 Å². The normalized spacial score (nSPS) is 13.0. The second-order valence-electron chi connectivity index (χ2n) is 6.73. The van der Waals surface area contributed by atoms with Crippen LogP contribution in [0.5, 0.6) is 0 Å². The molecule has 0 spiro atoms. The van der Waals surface area contributed by atoms with Crippen LogP contribution in [0.2, 0.25) is 0 Å². The van der Waals surface area contributed by atoms with E-state index in [-0.39, 0.29) is 29.2 Å². The first-order valence-electron chi connectivity index (χ1n) is 9.69. The van der Waals surface area contributed by atoms with Gasteiger partial charge in [0, 0.05) is 18.8 Å². The van der Waals surface area contributed by atoms with Gasteiger partial charge in [-0.2, -0.15) is 17.5 Å². The van der Waals surface area contributed by atoms with Gasteiger partial charge < -0.3 is 10.1 Å². The summed E-state index contributed by atoms with van der Waals surface area (Å²) >= 11 is 0. The number of alkyl halides is 3. The number of benzene rings is 2. The van der Waals surface area contributed by atoms with Crippen molar-refractivity contribution in [1.29, 1.82) is 0 Å². The minimum absolute atomic E-state index is 0.0862. The molecule has 0 fully saturated rings. The maximum atomic E-state index is 12.8. The number of hydrogen-bond acceptors (Lipinski definition) is 5. The standard InChI is InChI=1S/C21H23F3N2O5S/c1-4-26(5-2)32(29,30)18-11-6-8-15(12-18)20(28)31-14(3)19(27)25-17-10-7-9-16(13-17)21(22,23)24/h6-14H,4-5H2,1-3H3,(H,25,27). The fraction of sp³-hybridized carbons (Fsp3) is 0.333. The van der Waals surface area contributed by atoms with Gasteiger partial charge in [-0.15, -0.1) is 0 Å². The first-order chi connectivity index (χ1) is 14.9. The largest absolute Gasteiger partial charge is 0.449 e. The van der Waals surface area contributed by atoms with Crippen molar-refractivity contribution in [3.05, 3.63) is 59.7 Å². The molecule has 2 aromatic carbocycles. The molecule has 0 aliphatic rings. The van der Waals surface area contributed by atoms with Crippen LogP contribution in [-0.4, -0.2) is 43.8 Å². The SMILES string of the molecule is CCN(CC)S(=O)(=O)c1cccc(C(=O)OC(C)C(=O)Nc2cccc(C(F)(F)F)c2)c1. The average molecular weight is 472 g/mol. The molecule has 1 unspecified atom stereocenters. The summed E-state index contributed by atoms with van der Waals surface area (Å²) in [7, 11) is -3.80. The quantitative estimate of drug-likeness (QED) is 0.588. The molecule has 2 aromatic rings. The first-order valence-corrected chi connectivity index (χ1v) is 11.1. The lowest BCUT2D eigenvalue weighted by atomic mass is 10.2. The molecule has 2 rings (SSSR count). The molecule has 0 aliphatic heterocycles. The Morgan fingerprint density at radius 3 is 2.28 bits per heavy atom. The molecule has 32 heavy (non-hydrogen) atoms. The van der Waals surface area contributed by atoms with Gasteiger partial charge >= 0.3 is 12.1 Å². The Morgan fingerprint density at radius 2 is 1.69 bits per heavy atom. The highest BCUT2D eigenvalue weighted by Gasteiger charge is 2.31. The second-order valence-corrected chi connectivity index (χ2v) is 8.67. The van der Waals surface area contributed by atoms with Gasteiger partial charge in [0.1, 0.15) is 0 Å². The molecule has 1 atom stereocenters. The molecule has 11 heteroatoms. The number of amides is 1. The van der Waals surface area contributed by atoms with Crippen molar-refractivity contribution in [3.63, 3.8) is 0 Å². The van der Waals surface area contributed by atoms with E-state index in [9.17, 15) is 31.2 Å². The molecule has 0 saturated carbocycles. The number of ether oxygens (including phenoxy) is 1. The Balaban J connectivity index is 2.12. The second kappa shape index (κ2) is 10.1. The highest BCUT2D eigenvalue weighted by molar-refractivity contribution is 7.89. The van der Waals surface area contributed by atoms with Gasteiger partial charge in [0.15, 0.2) is 6.10 Å². The lowest BCUT2D eigenvalue weighted by Crippen LogP contribution is -2.31. The zero-order valence-corrected chi connectivity index (χ0v) is 18.5. The molecule has 0 heterocycles. The number of rotatable bonds is 8. The first kappa shape index (κ1) is 25.3. The average Bonchev–Trinajstić information content (AvgIpc) is 2.74. The molecule has 1 N–H and O–H groups in total. The molecule has 7 nitrogen and oxygen atoms in total. The molecule has 0 bridgehead atoms. The predicted octanol–water partition coefficient (Wildman–Crippen LogP) is 3.92. The topological polar surface area (TPSA) is 92.8 Å². The number of sulfonamides is 1. The Labute approximate surface area is 184 Å². The van der Waals surface area contributed by atoms with Crippen LogP contribution >= 0.6 is 0 Å². The minimum atomic E-state index is -4.57. The number of nitrogens with one attached hydrogen (secondary N) is 1. The summed E-state index contributed by atoms with van der Waals surface area (Å²) in [6.07, 6.45) is -5.92. The zero-order chi connectivity index (χ0) is 24.1. The highest BCUT2D eigenvalue weighted by Crippen LogP contribution is 2.30. The summed E-state index contributed by atoms with van der Waals surface area (Å²) < 4.78 is 70.0. The summed E-state index contributed by atoms with van der Waals surface area (Å²) in [6.45, 7) is 5.12. The lowest BCUT2D eigenvalue weighted by Gasteiger charge is -2.19. The summed E-state index contributed by atoms with van der Waals surface area (Å²) in [4.78, 5) is 24.6. The summed E-state index contributed by atoms with van der Waals surface area (Å²) in [5, 5.41) is 2.26. The summed E-state index contributed by atoms with van der Waals surface area (Å²) in [5.74, 6) is -1.79. The smallest absolute Gasteiger partial charge is 0.416 e. The van der Waals surface area contributed by atoms with Crippen molar-refractivity contribution in [3.8, 4) is 0 Å². The summed E-state index contributed by atoms with van der Waals surface area (Å²) in [6, 6.07) is 9.22. The van der Waals surface area contributed by atoms with E-state index in [1.54, 1.807) is 13.8 Å². The van der Waals surface area contributed by atoms with E-state index in [1.807, 2.05) is 0 Å². The molecule has 0 aromatic heterocycles. The van der Waals surface area contributed by atoms with Crippen molar-refractivity contribution in [1.82, 2.24) is 4.31 Å². The van der Waals surface area contributed by atoms with Crippen LogP contribution in [0.25, 0.3) is 0 Å². The molecule has 174 valence electrons. The third-order valence-electron chi connectivity index (χ3n) is 4.52. The maximum Gasteiger partial charge on any atom is 0.416 e. The van der Waals surface area contributed by atoms with Gasteiger partial charge in [-0.1, -0.05) is 26.0 Å². The van der Waals surface area contributed by atoms with E-state index in [4.69, 9.17) is 4.74 Å². The number of anilines is 1. The van der Waals surface area contributed by atoms with E-state index >= 15 is 0 Å². The third kappa shape index (κ3) is 6.07. The number of hydrogen-bond donors (Lipinski definition) is 1. The Kier molecular flexibility index (Phi) is 8.02. The van der Waals surface area contributed by atoms with E-state index in [0.29, 0.717) is 0 Å². The van der Waals surface area contributed by atoms with Crippen LogP contribution in [0.4, 0.5) is 18.9 Å². The number of carbonyl (C=O) groups is 2. The number of esters is 1. The monoisotopic (exact) mass is 472 g/mol. The molecule has 0 saturated heterocycles. The van der Waals surface area contributed by atoms with Gasteiger partial charge in [-0.05, 0) is 43.3 Å². The third-order valence-corrected chi connectivity index (χ3v) is 6.57. The van der Waals surface area contributed by atoms with Gasteiger partial charge in [-0.25, -0.2) is 13.2 Å². The number of carbonyl (C=O) groups excluding carboxylic acids is 2. The molecular formula is C21H23F3N2O5S. The van der Waals surface area contributed by atoms with Crippen LogP contribution in [0.15, 0.2) is 53.4 Å². The fourth-order valence-corrected chi connectivity index (χ4v) is 4.30. The number of halogens is 3. The van der Waals surface area contributed by atoms with Crippen molar-refractivity contribution < 1.29 is 35.9 Å². The van der Waals surface area contributed by atoms with Crippen molar-refractivity contribution >= 4 is 27.6 Å². The molecule has 0 radical (unpaired) electrons.